The average Bonchev–Trinajstić information content (AvgIpc) is 2.12. The lowest BCUT2D eigenvalue weighted by Gasteiger charge is -2.27. The Morgan fingerprint density at radius 3 is 2.71 bits per heavy atom. The van der Waals surface area contributed by atoms with Gasteiger partial charge in [-0.15, -0.1) is 0 Å². The fraction of sp³-hybridized carbons (Fsp3) is 0.455. The third-order valence-electron chi connectivity index (χ3n) is 2.63. The van der Waals surface area contributed by atoms with E-state index in [1.807, 2.05) is 6.07 Å². The van der Waals surface area contributed by atoms with E-state index in [-0.39, 0.29) is 0 Å². The van der Waals surface area contributed by atoms with Crippen LogP contribution < -0.4 is 10.1 Å². The highest BCUT2D eigenvalue weighted by Gasteiger charge is 2.16. The minimum absolute atomic E-state index is 0.676. The van der Waals surface area contributed by atoms with Crippen LogP contribution in [0.4, 0.5) is 5.69 Å². The van der Waals surface area contributed by atoms with Gasteiger partial charge in [0.1, 0.15) is 5.75 Å². The molecule has 1 saturated carbocycles. The lowest BCUT2D eigenvalue weighted by atomic mass is 9.93. The third kappa shape index (κ3) is 2.03. The van der Waals surface area contributed by atoms with Crippen molar-refractivity contribution in [3.05, 3.63) is 22.7 Å². The van der Waals surface area contributed by atoms with Gasteiger partial charge in [0, 0.05) is 11.7 Å². The van der Waals surface area contributed by atoms with E-state index in [4.69, 9.17) is 4.74 Å². The SMILES string of the molecule is COc1ccc(NC2CCC2)cc1Br. The number of hydrogen-bond donors (Lipinski definition) is 1. The maximum Gasteiger partial charge on any atom is 0.133 e. The van der Waals surface area contributed by atoms with Gasteiger partial charge in [0.05, 0.1) is 11.6 Å². The van der Waals surface area contributed by atoms with Gasteiger partial charge in [-0.05, 0) is 53.4 Å². The van der Waals surface area contributed by atoms with Gasteiger partial charge in [0.15, 0.2) is 0 Å². The number of nitrogens with one attached hydrogen (secondary N) is 1. The molecule has 0 radical (unpaired) electrons. The molecule has 0 atom stereocenters. The number of benzene rings is 1. The van der Waals surface area contributed by atoms with E-state index in [1.54, 1.807) is 7.11 Å². The summed E-state index contributed by atoms with van der Waals surface area (Å²) < 4.78 is 6.17. The van der Waals surface area contributed by atoms with Crippen LogP contribution in [-0.2, 0) is 0 Å². The van der Waals surface area contributed by atoms with Crippen LogP contribution in [0.2, 0.25) is 0 Å². The molecule has 76 valence electrons. The summed E-state index contributed by atoms with van der Waals surface area (Å²) in [6.07, 6.45) is 3.95. The molecule has 2 nitrogen and oxygen atoms in total. The van der Waals surface area contributed by atoms with Gasteiger partial charge >= 0.3 is 0 Å². The summed E-state index contributed by atoms with van der Waals surface area (Å²) in [7, 11) is 1.68. The Balaban J connectivity index is 2.07. The van der Waals surface area contributed by atoms with Gasteiger partial charge in [0.2, 0.25) is 0 Å². The smallest absolute Gasteiger partial charge is 0.133 e. The van der Waals surface area contributed by atoms with Crippen molar-refractivity contribution in [2.75, 3.05) is 12.4 Å². The zero-order valence-corrected chi connectivity index (χ0v) is 9.80. The number of anilines is 1. The van der Waals surface area contributed by atoms with Crippen LogP contribution in [0, 0.1) is 0 Å². The van der Waals surface area contributed by atoms with Crippen LogP contribution in [0.3, 0.4) is 0 Å². The van der Waals surface area contributed by atoms with Gasteiger partial charge < -0.3 is 10.1 Å². The molecular formula is C11H14BrNO. The number of methoxy groups -OCH3 is 1. The third-order valence-corrected chi connectivity index (χ3v) is 3.25. The molecule has 14 heavy (non-hydrogen) atoms. The number of rotatable bonds is 3. The van der Waals surface area contributed by atoms with Crippen LogP contribution in [-0.4, -0.2) is 13.2 Å². The highest BCUT2D eigenvalue weighted by Crippen LogP contribution is 2.30. The predicted molar refractivity (Wildman–Crippen MR) is 62.0 cm³/mol. The normalized spacial score (nSPS) is 16.1. The molecule has 0 bridgehead atoms. The molecule has 1 aromatic rings. The first-order valence-electron chi connectivity index (χ1n) is 4.89. The van der Waals surface area contributed by atoms with Crippen molar-refractivity contribution in [1.29, 1.82) is 0 Å². The lowest BCUT2D eigenvalue weighted by Crippen LogP contribution is -2.26. The second-order valence-electron chi connectivity index (χ2n) is 3.62. The van der Waals surface area contributed by atoms with Crippen molar-refractivity contribution in [1.82, 2.24) is 0 Å². The van der Waals surface area contributed by atoms with Crippen molar-refractivity contribution < 1.29 is 4.74 Å². The van der Waals surface area contributed by atoms with E-state index >= 15 is 0 Å². The van der Waals surface area contributed by atoms with Crippen LogP contribution >= 0.6 is 15.9 Å². The maximum absolute atomic E-state index is 5.17. The molecule has 0 heterocycles. The Bertz CT molecular complexity index is 323. The van der Waals surface area contributed by atoms with E-state index in [9.17, 15) is 0 Å². The summed E-state index contributed by atoms with van der Waals surface area (Å²) in [5, 5.41) is 3.48. The van der Waals surface area contributed by atoms with Gasteiger partial charge in [-0.2, -0.15) is 0 Å². The maximum atomic E-state index is 5.17. The molecular weight excluding hydrogens is 242 g/mol. The molecule has 1 aliphatic rings. The minimum Gasteiger partial charge on any atom is -0.496 e. The molecule has 3 heteroatoms. The summed E-state index contributed by atoms with van der Waals surface area (Å²) in [6, 6.07) is 6.78. The summed E-state index contributed by atoms with van der Waals surface area (Å²) in [5.41, 5.74) is 1.17. The fourth-order valence-electron chi connectivity index (χ4n) is 1.54. The van der Waals surface area contributed by atoms with Gasteiger partial charge in [-0.25, -0.2) is 0 Å². The summed E-state index contributed by atoms with van der Waals surface area (Å²) >= 11 is 3.47. The first-order valence-corrected chi connectivity index (χ1v) is 5.69. The van der Waals surface area contributed by atoms with Gasteiger partial charge in [-0.1, -0.05) is 0 Å². The van der Waals surface area contributed by atoms with E-state index in [1.165, 1.54) is 24.9 Å². The Morgan fingerprint density at radius 1 is 1.43 bits per heavy atom. The first-order chi connectivity index (χ1) is 6.79. The Labute approximate surface area is 92.8 Å². The van der Waals surface area contributed by atoms with E-state index < -0.39 is 0 Å². The van der Waals surface area contributed by atoms with Crippen molar-refractivity contribution in [3.63, 3.8) is 0 Å². The summed E-state index contributed by atoms with van der Waals surface area (Å²) in [4.78, 5) is 0. The van der Waals surface area contributed by atoms with Crippen LogP contribution in [0.1, 0.15) is 19.3 Å². The zero-order valence-electron chi connectivity index (χ0n) is 8.22. The quantitative estimate of drug-likeness (QED) is 0.894. The largest absolute Gasteiger partial charge is 0.496 e. The Hall–Kier alpha value is -0.700. The average molecular weight is 256 g/mol. The molecule has 1 fully saturated rings. The minimum atomic E-state index is 0.676. The molecule has 2 rings (SSSR count). The van der Waals surface area contributed by atoms with Crippen LogP contribution in [0.15, 0.2) is 22.7 Å². The number of ether oxygens (including phenoxy) is 1. The molecule has 0 amide bonds. The molecule has 0 aliphatic heterocycles. The number of hydrogen-bond acceptors (Lipinski definition) is 2. The first kappa shape index (κ1) is 9.84. The Morgan fingerprint density at radius 2 is 2.21 bits per heavy atom. The standard InChI is InChI=1S/C11H14BrNO/c1-14-11-6-5-9(7-10(11)12)13-8-3-2-4-8/h5-8,13H,2-4H2,1H3. The molecule has 0 aromatic heterocycles. The van der Waals surface area contributed by atoms with Crippen LogP contribution in [0.25, 0.3) is 0 Å². The lowest BCUT2D eigenvalue weighted by molar-refractivity contribution is 0.412. The van der Waals surface area contributed by atoms with Gasteiger partial charge in [-0.3, -0.25) is 0 Å². The fourth-order valence-corrected chi connectivity index (χ4v) is 2.09. The predicted octanol–water partition coefficient (Wildman–Crippen LogP) is 3.42. The van der Waals surface area contributed by atoms with E-state index in [0.717, 1.165) is 10.2 Å². The molecule has 0 unspecified atom stereocenters. The highest BCUT2D eigenvalue weighted by molar-refractivity contribution is 9.10. The number of halogens is 1. The summed E-state index contributed by atoms with van der Waals surface area (Å²) in [5.74, 6) is 0.879. The van der Waals surface area contributed by atoms with Crippen LogP contribution in [0.5, 0.6) is 5.75 Å². The Kier molecular flexibility index (Phi) is 2.96. The summed E-state index contributed by atoms with van der Waals surface area (Å²) in [6.45, 7) is 0. The molecule has 1 N–H and O–H groups in total. The monoisotopic (exact) mass is 255 g/mol. The van der Waals surface area contributed by atoms with E-state index in [0.29, 0.717) is 6.04 Å². The second kappa shape index (κ2) is 4.22. The molecule has 0 saturated heterocycles. The van der Waals surface area contributed by atoms with Crippen molar-refractivity contribution in [2.24, 2.45) is 0 Å². The topological polar surface area (TPSA) is 21.3 Å². The molecule has 1 aromatic carbocycles. The van der Waals surface area contributed by atoms with Crippen molar-refractivity contribution >= 4 is 21.6 Å². The van der Waals surface area contributed by atoms with Crippen molar-refractivity contribution in [3.8, 4) is 5.75 Å². The second-order valence-corrected chi connectivity index (χ2v) is 4.48. The highest BCUT2D eigenvalue weighted by atomic mass is 79.9. The zero-order chi connectivity index (χ0) is 9.97. The molecule has 0 spiro atoms. The van der Waals surface area contributed by atoms with E-state index in [2.05, 4.69) is 33.4 Å². The van der Waals surface area contributed by atoms with Crippen molar-refractivity contribution in [2.45, 2.75) is 25.3 Å². The van der Waals surface area contributed by atoms with Gasteiger partial charge in [0.25, 0.3) is 0 Å². The molecule has 1 aliphatic carbocycles.